The van der Waals surface area contributed by atoms with Gasteiger partial charge in [0.25, 0.3) is 0 Å². The molecule has 0 aromatic heterocycles. The van der Waals surface area contributed by atoms with E-state index in [9.17, 15) is 19.5 Å². The van der Waals surface area contributed by atoms with E-state index in [0.717, 1.165) is 38.5 Å². The van der Waals surface area contributed by atoms with Gasteiger partial charge in [-0.2, -0.15) is 0 Å². The van der Waals surface area contributed by atoms with E-state index in [1.54, 1.807) is 0 Å². The monoisotopic (exact) mass is 586 g/mol. The van der Waals surface area contributed by atoms with Crippen LogP contribution in [0.4, 0.5) is 0 Å². The minimum absolute atomic E-state index is 0.0733. The lowest BCUT2D eigenvalue weighted by Crippen LogP contribution is -2.69. The van der Waals surface area contributed by atoms with Gasteiger partial charge in [0.2, 0.25) is 0 Å². The number of carbonyl (C=O) groups is 3. The summed E-state index contributed by atoms with van der Waals surface area (Å²) in [6.45, 7) is 18.5. The van der Waals surface area contributed by atoms with E-state index < -0.39 is 23.2 Å². The normalized spacial score (nSPS) is 49.2. The van der Waals surface area contributed by atoms with Gasteiger partial charge in [0.1, 0.15) is 12.2 Å². The van der Waals surface area contributed by atoms with Gasteiger partial charge in [-0.1, -0.05) is 53.2 Å². The zero-order valence-electron chi connectivity index (χ0n) is 27.6. The zero-order valence-corrected chi connectivity index (χ0v) is 27.6. The van der Waals surface area contributed by atoms with Crippen molar-refractivity contribution in [2.45, 2.75) is 131 Å². The van der Waals surface area contributed by atoms with E-state index in [4.69, 9.17) is 14.2 Å². The van der Waals surface area contributed by atoms with Crippen LogP contribution in [0.2, 0.25) is 0 Å². The molecule has 5 rings (SSSR count). The summed E-state index contributed by atoms with van der Waals surface area (Å²) in [4.78, 5) is 38.1. The molecular weight excluding hydrogens is 532 g/mol. The maximum Gasteiger partial charge on any atom is 0.312 e. The molecule has 5 aliphatic rings. The van der Waals surface area contributed by atoms with Gasteiger partial charge in [0.05, 0.1) is 18.1 Å². The van der Waals surface area contributed by atoms with Crippen LogP contribution in [0.15, 0.2) is 11.6 Å². The van der Waals surface area contributed by atoms with Crippen LogP contribution in [0.25, 0.3) is 0 Å². The Hall–Kier alpha value is -1.89. The van der Waals surface area contributed by atoms with Gasteiger partial charge in [-0.05, 0) is 92.3 Å². The summed E-state index contributed by atoms with van der Waals surface area (Å²) in [7, 11) is 1.48. The number of hydrogen-bond acceptors (Lipinski definition) is 7. The minimum Gasteiger partial charge on any atom is -0.469 e. The van der Waals surface area contributed by atoms with Crippen molar-refractivity contribution in [2.75, 3.05) is 7.11 Å². The maximum atomic E-state index is 13.6. The number of ether oxygens (including phenoxy) is 3. The SMILES string of the molecule is COC(=O)[C@]12CC[C@@H](C)[C@@](C)(O)[C@H]1C1=CC[C@@H]3[C@@]4(C)C[C@@H](OC(C)=O)[C@H](OC(C)=O)C(C)(C)[C@@H]4CC[C@@]3(C)[C@]1(C)CC2. The summed E-state index contributed by atoms with van der Waals surface area (Å²) in [6, 6.07) is 0. The molecule has 236 valence electrons. The second-order valence-electron chi connectivity index (χ2n) is 16.2. The molecule has 4 fully saturated rings. The van der Waals surface area contributed by atoms with Crippen molar-refractivity contribution in [2.24, 2.45) is 50.7 Å². The van der Waals surface area contributed by atoms with Crippen molar-refractivity contribution < 1.29 is 33.7 Å². The quantitative estimate of drug-likeness (QED) is 0.232. The molecule has 7 heteroatoms. The van der Waals surface area contributed by atoms with Crippen LogP contribution in [0.3, 0.4) is 0 Å². The van der Waals surface area contributed by atoms with Gasteiger partial charge in [0.15, 0.2) is 0 Å². The van der Waals surface area contributed by atoms with Gasteiger partial charge in [-0.3, -0.25) is 14.4 Å². The van der Waals surface area contributed by atoms with E-state index in [1.165, 1.54) is 26.5 Å². The third-order valence-corrected chi connectivity index (χ3v) is 14.1. The van der Waals surface area contributed by atoms with Crippen LogP contribution in [-0.4, -0.2) is 47.9 Å². The molecule has 0 aromatic rings. The van der Waals surface area contributed by atoms with Crippen LogP contribution in [-0.2, 0) is 28.6 Å². The highest BCUT2D eigenvalue weighted by Crippen LogP contribution is 2.76. The third-order valence-electron chi connectivity index (χ3n) is 14.1. The Morgan fingerprint density at radius 2 is 1.52 bits per heavy atom. The highest BCUT2D eigenvalue weighted by atomic mass is 16.6. The number of esters is 3. The number of carbonyl (C=O) groups excluding carboxylic acids is 3. The summed E-state index contributed by atoms with van der Waals surface area (Å²) in [5, 5.41) is 12.2. The molecule has 1 N–H and O–H groups in total. The largest absolute Gasteiger partial charge is 0.469 e. The third kappa shape index (κ3) is 4.03. The molecule has 7 nitrogen and oxygen atoms in total. The Morgan fingerprint density at radius 1 is 0.881 bits per heavy atom. The molecule has 0 saturated heterocycles. The first-order chi connectivity index (χ1) is 19.3. The molecule has 42 heavy (non-hydrogen) atoms. The van der Waals surface area contributed by atoms with Crippen molar-refractivity contribution in [3.63, 3.8) is 0 Å². The Balaban J connectivity index is 1.62. The predicted octanol–water partition coefficient (Wildman–Crippen LogP) is 6.41. The van der Waals surface area contributed by atoms with Crippen molar-refractivity contribution in [3.05, 3.63) is 11.6 Å². The lowest BCUT2D eigenvalue weighted by atomic mass is 9.33. The molecule has 0 aromatic carbocycles. The summed E-state index contributed by atoms with van der Waals surface area (Å²) >= 11 is 0. The highest BCUT2D eigenvalue weighted by molar-refractivity contribution is 5.79. The molecule has 11 atom stereocenters. The van der Waals surface area contributed by atoms with E-state index in [0.29, 0.717) is 18.8 Å². The van der Waals surface area contributed by atoms with Crippen molar-refractivity contribution in [3.8, 4) is 0 Å². The van der Waals surface area contributed by atoms with Crippen LogP contribution in [0.1, 0.15) is 114 Å². The summed E-state index contributed by atoms with van der Waals surface area (Å²) in [6.07, 6.45) is 7.97. The molecule has 4 saturated carbocycles. The lowest BCUT2D eigenvalue weighted by Gasteiger charge is -2.72. The van der Waals surface area contributed by atoms with Gasteiger partial charge in [-0.15, -0.1) is 0 Å². The Labute approximate surface area is 252 Å². The van der Waals surface area contributed by atoms with Crippen LogP contribution >= 0.6 is 0 Å². The second kappa shape index (κ2) is 9.81. The highest BCUT2D eigenvalue weighted by Gasteiger charge is 2.72. The molecular formula is C35H54O7. The van der Waals surface area contributed by atoms with Gasteiger partial charge in [0, 0.05) is 25.2 Å². The van der Waals surface area contributed by atoms with Gasteiger partial charge >= 0.3 is 17.9 Å². The number of aliphatic hydroxyl groups is 1. The Morgan fingerprint density at radius 3 is 2.12 bits per heavy atom. The summed E-state index contributed by atoms with van der Waals surface area (Å²) in [5.41, 5.74) is -1.33. The molecule has 0 radical (unpaired) electrons. The first-order valence-electron chi connectivity index (χ1n) is 16.2. The van der Waals surface area contributed by atoms with Crippen LogP contribution < -0.4 is 0 Å². The number of allylic oxidation sites excluding steroid dienone is 1. The number of fused-ring (bicyclic) bond motifs is 7. The number of methoxy groups -OCH3 is 1. The average molecular weight is 587 g/mol. The summed E-state index contributed by atoms with van der Waals surface area (Å²) < 4.78 is 17.3. The van der Waals surface area contributed by atoms with Crippen LogP contribution in [0.5, 0.6) is 0 Å². The number of hydrogen-bond donors (Lipinski definition) is 1. The van der Waals surface area contributed by atoms with Gasteiger partial charge in [-0.25, -0.2) is 0 Å². The number of rotatable bonds is 3. The molecule has 0 bridgehead atoms. The smallest absolute Gasteiger partial charge is 0.312 e. The fraction of sp³-hybridized carbons (Fsp3) is 0.857. The zero-order chi connectivity index (χ0) is 31.3. The topological polar surface area (TPSA) is 99.1 Å². The minimum atomic E-state index is -1.02. The lowest BCUT2D eigenvalue weighted by molar-refractivity contribution is -0.247. The standard InChI is InChI=1S/C35H54O7/c1-20-13-16-35(29(38)40-10)18-17-32(7)23(27(35)34(20,9)39)11-12-26-31(6)19-24(41-21(2)36)28(42-22(3)37)30(4,5)25(31)14-15-33(26,32)8/h11,20,24-28,39H,12-19H2,1-10H3/t20-,24-,25+,26-,27-,28+,31+,32-,33-,34-,35+/m1/s1. The van der Waals surface area contributed by atoms with Gasteiger partial charge < -0.3 is 19.3 Å². The Kier molecular flexibility index (Phi) is 7.36. The Bertz CT molecular complexity index is 1190. The van der Waals surface area contributed by atoms with E-state index in [1.807, 2.05) is 6.92 Å². The van der Waals surface area contributed by atoms with Crippen molar-refractivity contribution >= 4 is 17.9 Å². The van der Waals surface area contributed by atoms with Crippen LogP contribution in [0, 0.1) is 50.7 Å². The second-order valence-corrected chi connectivity index (χ2v) is 16.2. The maximum absolute atomic E-state index is 13.6. The molecule has 0 spiro atoms. The van der Waals surface area contributed by atoms with E-state index in [2.05, 4.69) is 47.6 Å². The van der Waals surface area contributed by atoms with E-state index in [-0.39, 0.29) is 57.3 Å². The van der Waals surface area contributed by atoms with Crippen molar-refractivity contribution in [1.82, 2.24) is 0 Å². The molecule has 0 unspecified atom stereocenters. The molecule has 0 amide bonds. The predicted molar refractivity (Wildman–Crippen MR) is 159 cm³/mol. The fourth-order valence-electron chi connectivity index (χ4n) is 11.9. The molecule has 0 aliphatic heterocycles. The summed E-state index contributed by atoms with van der Waals surface area (Å²) in [5.74, 6) is -0.528. The molecule has 5 aliphatic carbocycles. The fourth-order valence-corrected chi connectivity index (χ4v) is 11.9. The first kappa shape index (κ1) is 31.5. The van der Waals surface area contributed by atoms with E-state index >= 15 is 0 Å². The average Bonchev–Trinajstić information content (AvgIpc) is 2.88. The van der Waals surface area contributed by atoms with Crippen molar-refractivity contribution in [1.29, 1.82) is 0 Å². The molecule has 0 heterocycles. The first-order valence-corrected chi connectivity index (χ1v) is 16.2.